The number of ether oxygens (including phenoxy) is 1. The van der Waals surface area contributed by atoms with Crippen LogP contribution < -0.4 is 5.32 Å². The van der Waals surface area contributed by atoms with E-state index in [0.717, 1.165) is 25.9 Å². The van der Waals surface area contributed by atoms with Gasteiger partial charge in [-0.15, -0.1) is 0 Å². The lowest BCUT2D eigenvalue weighted by Crippen LogP contribution is -2.34. The van der Waals surface area contributed by atoms with E-state index >= 15 is 0 Å². The molecule has 1 fully saturated rings. The lowest BCUT2D eigenvalue weighted by atomic mass is 9.99. The molecule has 1 N–H and O–H groups in total. The number of carbonyl (C=O) groups excluding carboxylic acids is 2. The predicted octanol–water partition coefficient (Wildman–Crippen LogP) is -0.383. The summed E-state index contributed by atoms with van der Waals surface area (Å²) in [5, 5.41) is 3.17. The van der Waals surface area contributed by atoms with Crippen molar-refractivity contribution in [2.24, 2.45) is 5.92 Å². The maximum Gasteiger partial charge on any atom is 0.309 e. The van der Waals surface area contributed by atoms with E-state index in [1.807, 2.05) is 0 Å². The number of rotatable bonds is 3. The van der Waals surface area contributed by atoms with Crippen LogP contribution in [0.5, 0.6) is 0 Å². The van der Waals surface area contributed by atoms with Gasteiger partial charge in [0.25, 0.3) is 5.91 Å². The summed E-state index contributed by atoms with van der Waals surface area (Å²) in [6.45, 7) is 1.55. The Bertz CT molecular complexity index is 235. The second-order valence-corrected chi connectivity index (χ2v) is 3.92. The molecule has 1 rings (SSSR count). The van der Waals surface area contributed by atoms with Crippen LogP contribution in [0.25, 0.3) is 0 Å². The zero-order chi connectivity index (χ0) is 11.3. The topological polar surface area (TPSA) is 58.6 Å². The summed E-state index contributed by atoms with van der Waals surface area (Å²) in [5.74, 6) is -0.467. The fourth-order valence-electron chi connectivity index (χ4n) is 1.44. The largest absolute Gasteiger partial charge is 0.455 e. The van der Waals surface area contributed by atoms with Crippen molar-refractivity contribution >= 4 is 11.9 Å². The van der Waals surface area contributed by atoms with Crippen LogP contribution in [0.15, 0.2) is 0 Å². The lowest BCUT2D eigenvalue weighted by Gasteiger charge is -2.21. The number of esters is 1. The van der Waals surface area contributed by atoms with E-state index in [9.17, 15) is 9.59 Å². The van der Waals surface area contributed by atoms with E-state index in [-0.39, 0.29) is 24.4 Å². The molecule has 1 aliphatic rings. The number of nitrogens with one attached hydrogen (secondary N) is 1. The van der Waals surface area contributed by atoms with Gasteiger partial charge < -0.3 is 15.0 Å². The molecule has 1 heterocycles. The molecule has 0 aromatic carbocycles. The van der Waals surface area contributed by atoms with E-state index in [0.29, 0.717) is 0 Å². The fraction of sp³-hybridized carbons (Fsp3) is 0.800. The minimum Gasteiger partial charge on any atom is -0.455 e. The first kappa shape index (κ1) is 12.0. The maximum absolute atomic E-state index is 11.5. The van der Waals surface area contributed by atoms with Crippen molar-refractivity contribution in [1.82, 2.24) is 10.2 Å². The first-order valence-electron chi connectivity index (χ1n) is 5.18. The smallest absolute Gasteiger partial charge is 0.309 e. The van der Waals surface area contributed by atoms with E-state index in [1.54, 1.807) is 14.1 Å². The molecule has 1 aliphatic heterocycles. The molecular weight excluding hydrogens is 196 g/mol. The first-order chi connectivity index (χ1) is 7.11. The summed E-state index contributed by atoms with van der Waals surface area (Å²) in [7, 11) is 3.28. The molecule has 0 aromatic rings. The van der Waals surface area contributed by atoms with Gasteiger partial charge in [0.05, 0.1) is 5.92 Å². The molecule has 15 heavy (non-hydrogen) atoms. The Hall–Kier alpha value is -1.10. The Morgan fingerprint density at radius 3 is 2.47 bits per heavy atom. The summed E-state index contributed by atoms with van der Waals surface area (Å²) < 4.78 is 4.95. The third kappa shape index (κ3) is 3.87. The zero-order valence-electron chi connectivity index (χ0n) is 9.28. The average molecular weight is 214 g/mol. The molecule has 86 valence electrons. The molecule has 0 radical (unpaired) electrons. The zero-order valence-corrected chi connectivity index (χ0v) is 9.28. The number of amides is 1. The molecule has 0 unspecified atom stereocenters. The van der Waals surface area contributed by atoms with Crippen LogP contribution in [0, 0.1) is 5.92 Å². The van der Waals surface area contributed by atoms with Crippen LogP contribution in [-0.2, 0) is 14.3 Å². The van der Waals surface area contributed by atoms with Crippen molar-refractivity contribution in [2.45, 2.75) is 12.8 Å². The summed E-state index contributed by atoms with van der Waals surface area (Å²) in [5.41, 5.74) is 0. The SMILES string of the molecule is CN(C)C(=O)COC(=O)C1CCNCC1. The van der Waals surface area contributed by atoms with E-state index in [4.69, 9.17) is 4.74 Å². The van der Waals surface area contributed by atoms with Crippen LogP contribution in [-0.4, -0.2) is 50.6 Å². The van der Waals surface area contributed by atoms with Crippen molar-refractivity contribution in [3.8, 4) is 0 Å². The molecule has 0 bridgehead atoms. The monoisotopic (exact) mass is 214 g/mol. The highest BCUT2D eigenvalue weighted by molar-refractivity contribution is 5.81. The van der Waals surface area contributed by atoms with Crippen LogP contribution in [0.3, 0.4) is 0 Å². The third-order valence-corrected chi connectivity index (χ3v) is 2.51. The Labute approximate surface area is 89.8 Å². The van der Waals surface area contributed by atoms with Crippen molar-refractivity contribution in [2.75, 3.05) is 33.8 Å². The minimum absolute atomic E-state index is 0.0405. The second kappa shape index (κ2) is 5.70. The molecule has 1 saturated heterocycles. The van der Waals surface area contributed by atoms with Crippen LogP contribution >= 0.6 is 0 Å². The average Bonchev–Trinajstić information content (AvgIpc) is 2.26. The van der Waals surface area contributed by atoms with Crippen LogP contribution in [0.2, 0.25) is 0 Å². The Morgan fingerprint density at radius 1 is 1.33 bits per heavy atom. The van der Waals surface area contributed by atoms with Gasteiger partial charge in [-0.05, 0) is 25.9 Å². The van der Waals surface area contributed by atoms with Gasteiger partial charge in [-0.2, -0.15) is 0 Å². The maximum atomic E-state index is 11.5. The summed E-state index contributed by atoms with van der Waals surface area (Å²) in [6.07, 6.45) is 1.60. The van der Waals surface area contributed by atoms with E-state index in [2.05, 4.69) is 5.32 Å². The van der Waals surface area contributed by atoms with E-state index < -0.39 is 0 Å². The number of piperidine rings is 1. The molecule has 5 nitrogen and oxygen atoms in total. The van der Waals surface area contributed by atoms with Gasteiger partial charge in [-0.1, -0.05) is 0 Å². The molecule has 0 aliphatic carbocycles. The van der Waals surface area contributed by atoms with Crippen molar-refractivity contribution in [1.29, 1.82) is 0 Å². The minimum atomic E-state index is -0.244. The molecular formula is C10H18N2O3. The van der Waals surface area contributed by atoms with Crippen LogP contribution in [0.1, 0.15) is 12.8 Å². The van der Waals surface area contributed by atoms with Gasteiger partial charge >= 0.3 is 5.97 Å². The molecule has 0 spiro atoms. The normalized spacial score (nSPS) is 17.2. The Kier molecular flexibility index (Phi) is 4.55. The standard InChI is InChI=1S/C10H18N2O3/c1-12(2)9(13)7-15-10(14)8-3-5-11-6-4-8/h8,11H,3-7H2,1-2H3. The number of hydrogen-bond donors (Lipinski definition) is 1. The van der Waals surface area contributed by atoms with Crippen LogP contribution in [0.4, 0.5) is 0 Å². The lowest BCUT2D eigenvalue weighted by molar-refractivity contribution is -0.155. The van der Waals surface area contributed by atoms with Crippen molar-refractivity contribution < 1.29 is 14.3 Å². The number of carbonyl (C=O) groups is 2. The highest BCUT2D eigenvalue weighted by Crippen LogP contribution is 2.13. The number of hydrogen-bond acceptors (Lipinski definition) is 4. The van der Waals surface area contributed by atoms with Gasteiger partial charge in [0, 0.05) is 14.1 Å². The van der Waals surface area contributed by atoms with Gasteiger partial charge in [-0.3, -0.25) is 9.59 Å². The van der Waals surface area contributed by atoms with Crippen molar-refractivity contribution in [3.63, 3.8) is 0 Å². The fourth-order valence-corrected chi connectivity index (χ4v) is 1.44. The first-order valence-corrected chi connectivity index (χ1v) is 5.18. The van der Waals surface area contributed by atoms with Gasteiger partial charge in [0.2, 0.25) is 0 Å². The van der Waals surface area contributed by atoms with Gasteiger partial charge in [-0.25, -0.2) is 0 Å². The Balaban J connectivity index is 2.26. The number of nitrogens with zero attached hydrogens (tertiary/aromatic N) is 1. The predicted molar refractivity (Wildman–Crippen MR) is 55.2 cm³/mol. The number of likely N-dealkylation sites (N-methyl/N-ethyl adjacent to an activating group) is 1. The highest BCUT2D eigenvalue weighted by Gasteiger charge is 2.22. The highest BCUT2D eigenvalue weighted by atomic mass is 16.5. The molecule has 5 heteroatoms. The third-order valence-electron chi connectivity index (χ3n) is 2.51. The molecule has 1 amide bonds. The summed E-state index contributed by atoms with van der Waals surface area (Å²) in [4.78, 5) is 24.1. The van der Waals surface area contributed by atoms with Crippen molar-refractivity contribution in [3.05, 3.63) is 0 Å². The molecule has 0 saturated carbocycles. The van der Waals surface area contributed by atoms with Gasteiger partial charge in [0.15, 0.2) is 6.61 Å². The molecule has 0 aromatic heterocycles. The summed E-state index contributed by atoms with van der Waals surface area (Å²) >= 11 is 0. The quantitative estimate of drug-likeness (QED) is 0.650. The second-order valence-electron chi connectivity index (χ2n) is 3.92. The Morgan fingerprint density at radius 2 is 1.93 bits per heavy atom. The summed E-state index contributed by atoms with van der Waals surface area (Å²) in [6, 6.07) is 0. The van der Waals surface area contributed by atoms with Gasteiger partial charge in [0.1, 0.15) is 0 Å². The molecule has 0 atom stereocenters. The van der Waals surface area contributed by atoms with E-state index in [1.165, 1.54) is 4.90 Å².